The van der Waals surface area contributed by atoms with Gasteiger partial charge < -0.3 is 19.9 Å². The predicted molar refractivity (Wildman–Crippen MR) is 137 cm³/mol. The van der Waals surface area contributed by atoms with Crippen molar-refractivity contribution in [1.82, 2.24) is 15.1 Å². The van der Waals surface area contributed by atoms with E-state index in [1.54, 1.807) is 0 Å². The van der Waals surface area contributed by atoms with Crippen LogP contribution in [-0.4, -0.2) is 69.6 Å². The van der Waals surface area contributed by atoms with Crippen LogP contribution in [0.5, 0.6) is 5.75 Å². The van der Waals surface area contributed by atoms with Gasteiger partial charge in [-0.15, -0.1) is 0 Å². The topological polar surface area (TPSA) is 44.8 Å². The number of benzene rings is 2. The van der Waals surface area contributed by atoms with Gasteiger partial charge in [-0.05, 0) is 87.8 Å². The quantitative estimate of drug-likeness (QED) is 0.565. The second kappa shape index (κ2) is 11.2. The average molecular weight is 452 g/mol. The van der Waals surface area contributed by atoms with E-state index in [1.807, 2.05) is 36.4 Å². The lowest BCUT2D eigenvalue weighted by Gasteiger charge is -2.27. The number of amides is 1. The molecule has 0 aliphatic heterocycles. The van der Waals surface area contributed by atoms with Crippen molar-refractivity contribution in [2.75, 3.05) is 47.8 Å². The zero-order chi connectivity index (χ0) is 24.0. The van der Waals surface area contributed by atoms with Crippen LogP contribution in [0.25, 0.3) is 11.1 Å². The van der Waals surface area contributed by atoms with Gasteiger partial charge >= 0.3 is 0 Å². The van der Waals surface area contributed by atoms with E-state index in [1.165, 1.54) is 19.3 Å². The minimum absolute atomic E-state index is 0.0107. The summed E-state index contributed by atoms with van der Waals surface area (Å²) in [4.78, 5) is 17.0. The molecule has 1 amide bonds. The third kappa shape index (κ3) is 7.31. The molecule has 0 radical (unpaired) electrons. The van der Waals surface area contributed by atoms with Gasteiger partial charge in [-0.2, -0.15) is 0 Å². The van der Waals surface area contributed by atoms with E-state index in [-0.39, 0.29) is 12.0 Å². The van der Waals surface area contributed by atoms with Crippen LogP contribution in [-0.2, 0) is 0 Å². The SMILES string of the molecule is CN(C)CC(CN(C)C)Oc1cccc(-c2ccc(C(=O)NCC3CCCC3(C)C)cc2)c1. The van der Waals surface area contributed by atoms with E-state index in [9.17, 15) is 4.79 Å². The Morgan fingerprint density at radius 3 is 2.27 bits per heavy atom. The van der Waals surface area contributed by atoms with Gasteiger partial charge in [0, 0.05) is 25.2 Å². The molecule has 1 saturated carbocycles. The average Bonchev–Trinajstić information content (AvgIpc) is 3.09. The lowest BCUT2D eigenvalue weighted by molar-refractivity contribution is 0.0937. The first-order valence-electron chi connectivity index (χ1n) is 12.1. The molecule has 0 saturated heterocycles. The van der Waals surface area contributed by atoms with Crippen LogP contribution in [0.15, 0.2) is 48.5 Å². The van der Waals surface area contributed by atoms with Crippen molar-refractivity contribution in [3.8, 4) is 16.9 Å². The summed E-state index contributed by atoms with van der Waals surface area (Å²) in [6, 6.07) is 16.1. The van der Waals surface area contributed by atoms with Crippen LogP contribution < -0.4 is 10.1 Å². The first-order valence-corrected chi connectivity index (χ1v) is 12.1. The molecular weight excluding hydrogens is 410 g/mol. The molecular formula is C28H41N3O2. The molecule has 0 aromatic heterocycles. The minimum Gasteiger partial charge on any atom is -0.488 e. The molecule has 3 rings (SSSR count). The van der Waals surface area contributed by atoms with Crippen molar-refractivity contribution in [3.63, 3.8) is 0 Å². The van der Waals surface area contributed by atoms with Crippen molar-refractivity contribution in [2.45, 2.75) is 39.2 Å². The van der Waals surface area contributed by atoms with Crippen molar-refractivity contribution in [3.05, 3.63) is 54.1 Å². The monoisotopic (exact) mass is 451 g/mol. The fraction of sp³-hybridized carbons (Fsp3) is 0.536. The molecule has 2 aromatic rings. The number of hydrogen-bond acceptors (Lipinski definition) is 4. The van der Waals surface area contributed by atoms with Crippen molar-refractivity contribution in [1.29, 1.82) is 0 Å². The largest absolute Gasteiger partial charge is 0.488 e. The third-order valence-corrected chi connectivity index (χ3v) is 6.74. The second-order valence-electron chi connectivity index (χ2n) is 10.7. The molecule has 1 unspecified atom stereocenters. The summed E-state index contributed by atoms with van der Waals surface area (Å²) < 4.78 is 6.31. The van der Waals surface area contributed by atoms with Crippen LogP contribution in [0.2, 0.25) is 0 Å². The number of ether oxygens (including phenoxy) is 1. The zero-order valence-corrected chi connectivity index (χ0v) is 21.2. The molecule has 1 aliphatic carbocycles. The molecule has 5 heteroatoms. The van der Waals surface area contributed by atoms with Crippen molar-refractivity contribution < 1.29 is 9.53 Å². The maximum absolute atomic E-state index is 12.7. The van der Waals surface area contributed by atoms with E-state index in [4.69, 9.17) is 4.74 Å². The lowest BCUT2D eigenvalue weighted by atomic mass is 9.82. The maximum atomic E-state index is 12.7. The highest BCUT2D eigenvalue weighted by Crippen LogP contribution is 2.42. The summed E-state index contributed by atoms with van der Waals surface area (Å²) in [5.74, 6) is 1.44. The first-order chi connectivity index (χ1) is 15.6. The van der Waals surface area contributed by atoms with Gasteiger partial charge in [-0.1, -0.05) is 44.5 Å². The summed E-state index contributed by atoms with van der Waals surface area (Å²) >= 11 is 0. The molecule has 0 spiro atoms. The smallest absolute Gasteiger partial charge is 0.251 e. The minimum atomic E-state index is 0.0107. The Morgan fingerprint density at radius 2 is 1.70 bits per heavy atom. The van der Waals surface area contributed by atoms with Crippen molar-refractivity contribution >= 4 is 5.91 Å². The number of nitrogens with one attached hydrogen (secondary N) is 1. The molecule has 1 aliphatic rings. The molecule has 1 atom stereocenters. The molecule has 1 fully saturated rings. The normalized spacial score (nSPS) is 17.7. The first kappa shape index (κ1) is 25.3. The Balaban J connectivity index is 1.63. The fourth-order valence-electron chi connectivity index (χ4n) is 4.80. The van der Waals surface area contributed by atoms with Gasteiger partial charge in [-0.3, -0.25) is 4.79 Å². The van der Waals surface area contributed by atoms with Gasteiger partial charge in [0.25, 0.3) is 5.91 Å². The summed E-state index contributed by atoms with van der Waals surface area (Å²) in [5, 5.41) is 3.15. The lowest BCUT2D eigenvalue weighted by Crippen LogP contribution is -2.38. The summed E-state index contributed by atoms with van der Waals surface area (Å²) in [7, 11) is 8.26. The van der Waals surface area contributed by atoms with Gasteiger partial charge in [0.2, 0.25) is 0 Å². The Hall–Kier alpha value is -2.37. The van der Waals surface area contributed by atoms with Crippen molar-refractivity contribution in [2.24, 2.45) is 11.3 Å². The Labute approximate surface area is 200 Å². The van der Waals surface area contributed by atoms with E-state index in [0.717, 1.165) is 36.5 Å². The third-order valence-electron chi connectivity index (χ3n) is 6.74. The van der Waals surface area contributed by atoms with Crippen LogP contribution in [0.4, 0.5) is 0 Å². The summed E-state index contributed by atoms with van der Waals surface area (Å²) in [5.41, 5.74) is 3.19. The molecule has 0 heterocycles. The summed E-state index contributed by atoms with van der Waals surface area (Å²) in [6.07, 6.45) is 3.79. The van der Waals surface area contributed by atoms with Gasteiger partial charge in [0.15, 0.2) is 0 Å². The number of nitrogens with zero attached hydrogens (tertiary/aromatic N) is 2. The maximum Gasteiger partial charge on any atom is 0.251 e. The molecule has 180 valence electrons. The number of carbonyl (C=O) groups excluding carboxylic acids is 1. The van der Waals surface area contributed by atoms with E-state index < -0.39 is 0 Å². The zero-order valence-electron chi connectivity index (χ0n) is 21.2. The van der Waals surface area contributed by atoms with Crippen LogP contribution in [0.1, 0.15) is 43.5 Å². The standard InChI is InChI=1S/C28H41N3O2/c1-28(2)16-8-10-24(28)18-29-27(32)22-14-12-21(13-15-22)23-9-7-11-25(17-23)33-26(19-30(3)4)20-31(5)6/h7,9,11-15,17,24,26H,8,10,16,18-20H2,1-6H3,(H,29,32). The Morgan fingerprint density at radius 1 is 1.03 bits per heavy atom. The Kier molecular flexibility index (Phi) is 8.55. The Bertz CT molecular complexity index is 896. The number of hydrogen-bond donors (Lipinski definition) is 1. The van der Waals surface area contributed by atoms with E-state index in [0.29, 0.717) is 16.9 Å². The van der Waals surface area contributed by atoms with E-state index >= 15 is 0 Å². The predicted octanol–water partition coefficient (Wildman–Crippen LogP) is 4.78. The second-order valence-corrected chi connectivity index (χ2v) is 10.7. The van der Waals surface area contributed by atoms with Crippen LogP contribution in [0, 0.1) is 11.3 Å². The number of rotatable bonds is 10. The van der Waals surface area contributed by atoms with Crippen LogP contribution >= 0.6 is 0 Å². The molecule has 33 heavy (non-hydrogen) atoms. The highest BCUT2D eigenvalue weighted by atomic mass is 16.5. The molecule has 5 nitrogen and oxygen atoms in total. The molecule has 0 bridgehead atoms. The number of carbonyl (C=O) groups is 1. The van der Waals surface area contributed by atoms with Gasteiger partial charge in [0.1, 0.15) is 11.9 Å². The highest BCUT2D eigenvalue weighted by molar-refractivity contribution is 5.94. The fourth-order valence-corrected chi connectivity index (χ4v) is 4.80. The van der Waals surface area contributed by atoms with E-state index in [2.05, 4.69) is 69.3 Å². The molecule has 1 N–H and O–H groups in total. The summed E-state index contributed by atoms with van der Waals surface area (Å²) in [6.45, 7) is 7.09. The highest BCUT2D eigenvalue weighted by Gasteiger charge is 2.34. The van der Waals surface area contributed by atoms with Gasteiger partial charge in [-0.25, -0.2) is 0 Å². The number of likely N-dealkylation sites (N-methyl/N-ethyl adjacent to an activating group) is 2. The molecule has 2 aromatic carbocycles. The van der Waals surface area contributed by atoms with Crippen LogP contribution in [0.3, 0.4) is 0 Å². The van der Waals surface area contributed by atoms with Gasteiger partial charge in [0.05, 0.1) is 0 Å².